The van der Waals surface area contributed by atoms with Crippen LogP contribution >= 0.6 is 8.58 Å². The summed E-state index contributed by atoms with van der Waals surface area (Å²) in [6.07, 6.45) is 0. The Morgan fingerprint density at radius 1 is 0.760 bits per heavy atom. The zero-order chi connectivity index (χ0) is 17.5. The highest BCUT2D eigenvalue weighted by Crippen LogP contribution is 2.52. The van der Waals surface area contributed by atoms with Crippen LogP contribution in [0.1, 0.15) is 23.6 Å². The molecule has 3 aromatic rings. The Balaban J connectivity index is 2.26. The summed E-state index contributed by atoms with van der Waals surface area (Å²) in [4.78, 5) is 12.6. The largest absolute Gasteiger partial charge is 0.463 e. The van der Waals surface area contributed by atoms with Crippen LogP contribution in [-0.2, 0) is 9.89 Å². The lowest BCUT2D eigenvalue weighted by Crippen LogP contribution is -2.26. The van der Waals surface area contributed by atoms with Crippen LogP contribution in [0, 0.1) is 0 Å². The van der Waals surface area contributed by atoms with Crippen molar-refractivity contribution in [1.29, 1.82) is 0 Å². The molecular weight excluding hydrogens is 327 g/mol. The van der Waals surface area contributed by atoms with Crippen molar-refractivity contribution in [2.24, 2.45) is 0 Å². The van der Waals surface area contributed by atoms with Crippen molar-refractivity contribution < 1.29 is 9.53 Å². The molecule has 25 heavy (non-hydrogen) atoms. The Kier molecular flexibility index (Phi) is 5.63. The summed E-state index contributed by atoms with van der Waals surface area (Å²) in [6.45, 7) is 2.23. The van der Waals surface area contributed by atoms with Gasteiger partial charge in [0.25, 0.3) is 0 Å². The fraction of sp³-hybridized carbons (Fsp3) is 0.136. The third-order valence-corrected chi connectivity index (χ3v) is 5.77. The molecule has 126 valence electrons. The minimum Gasteiger partial charge on any atom is -0.463 e. The molecule has 0 amide bonds. The molecule has 0 fully saturated rings. The van der Waals surface area contributed by atoms with Crippen LogP contribution in [0.3, 0.4) is 0 Å². The van der Waals surface area contributed by atoms with Crippen LogP contribution in [0.4, 0.5) is 4.79 Å². The molecule has 3 rings (SSSR count). The average molecular weight is 348 g/mol. The number of rotatable bonds is 6. The lowest BCUT2D eigenvalue weighted by molar-refractivity contribution is 0.180. The molecule has 0 bridgehead atoms. The minimum atomic E-state index is -0.546. The molecule has 0 aliphatic rings. The predicted octanol–water partition coefficient (Wildman–Crippen LogP) is 5.81. The van der Waals surface area contributed by atoms with Gasteiger partial charge in [-0.25, -0.2) is 4.79 Å². The summed E-state index contributed by atoms with van der Waals surface area (Å²) in [5, 5.41) is -0.546. The molecule has 0 heterocycles. The summed E-state index contributed by atoms with van der Waals surface area (Å²) in [6, 6.07) is 30.6. The first-order valence-corrected chi connectivity index (χ1v) is 9.39. The third kappa shape index (κ3) is 3.65. The van der Waals surface area contributed by atoms with Crippen LogP contribution in [0.2, 0.25) is 0 Å². The molecule has 0 radical (unpaired) electrons. The van der Waals surface area contributed by atoms with Gasteiger partial charge in [-0.15, -0.1) is 0 Å². The molecule has 0 N–H and O–H groups in total. The van der Waals surface area contributed by atoms with E-state index in [1.807, 2.05) is 61.5 Å². The molecule has 3 aromatic carbocycles. The second-order valence-corrected chi connectivity index (χ2v) is 7.10. The molecule has 0 aliphatic carbocycles. The van der Waals surface area contributed by atoms with Crippen molar-refractivity contribution in [3.63, 3.8) is 0 Å². The van der Waals surface area contributed by atoms with Gasteiger partial charge in [0.15, 0.2) is 0 Å². The van der Waals surface area contributed by atoms with E-state index in [1.54, 1.807) is 0 Å². The first-order chi connectivity index (χ1) is 12.3. The second kappa shape index (κ2) is 8.09. The number of benzene rings is 3. The van der Waals surface area contributed by atoms with Gasteiger partial charge in [0.2, 0.25) is 0 Å². The first-order valence-electron chi connectivity index (χ1n) is 8.39. The standard InChI is InChI=1S/C22H21O2P/c1-2-24-21(23)25-22(18-12-6-3-7-13-18,19-14-8-4-9-15-19)20-16-10-5-11-17-20/h3-17,25H,2H2,1H3. The van der Waals surface area contributed by atoms with Crippen LogP contribution in [0.25, 0.3) is 0 Å². The zero-order valence-corrected chi connectivity index (χ0v) is 15.2. The minimum absolute atomic E-state index is 0.0546. The van der Waals surface area contributed by atoms with E-state index in [0.717, 1.165) is 16.7 Å². The maximum atomic E-state index is 12.6. The molecule has 0 saturated heterocycles. The quantitative estimate of drug-likeness (QED) is 0.415. The highest BCUT2D eigenvalue weighted by atomic mass is 31.1. The first kappa shape index (κ1) is 17.4. The smallest absolute Gasteiger partial charge is 0.324 e. The predicted molar refractivity (Wildman–Crippen MR) is 105 cm³/mol. The highest BCUT2D eigenvalue weighted by Gasteiger charge is 2.39. The van der Waals surface area contributed by atoms with Gasteiger partial charge in [0.1, 0.15) is 0 Å². The van der Waals surface area contributed by atoms with Crippen LogP contribution < -0.4 is 0 Å². The normalized spacial score (nSPS) is 11.6. The Morgan fingerprint density at radius 2 is 1.12 bits per heavy atom. The third-order valence-electron chi connectivity index (χ3n) is 4.19. The SMILES string of the molecule is CCOC(=O)PC(c1ccccc1)(c1ccccc1)c1ccccc1. The van der Waals surface area contributed by atoms with Crippen molar-refractivity contribution in [3.05, 3.63) is 108 Å². The van der Waals surface area contributed by atoms with Crippen molar-refractivity contribution in [3.8, 4) is 0 Å². The van der Waals surface area contributed by atoms with Crippen molar-refractivity contribution in [1.82, 2.24) is 0 Å². The van der Waals surface area contributed by atoms with Crippen LogP contribution in [0.15, 0.2) is 91.0 Å². The van der Waals surface area contributed by atoms with Gasteiger partial charge in [-0.3, -0.25) is 0 Å². The number of carbonyl (C=O) groups is 1. The van der Waals surface area contributed by atoms with Gasteiger partial charge in [-0.1, -0.05) is 91.0 Å². The summed E-state index contributed by atoms with van der Waals surface area (Å²) in [7, 11) is -0.0546. The molecule has 0 aromatic heterocycles. The molecule has 2 nitrogen and oxygen atoms in total. The summed E-state index contributed by atoms with van der Waals surface area (Å²) in [5.74, 6) is 0. The van der Waals surface area contributed by atoms with Crippen molar-refractivity contribution in [2.45, 2.75) is 12.1 Å². The van der Waals surface area contributed by atoms with E-state index in [2.05, 4.69) is 36.4 Å². The van der Waals surface area contributed by atoms with Gasteiger partial charge in [0.05, 0.1) is 11.8 Å². The van der Waals surface area contributed by atoms with E-state index < -0.39 is 5.16 Å². The monoisotopic (exact) mass is 348 g/mol. The topological polar surface area (TPSA) is 26.3 Å². The van der Waals surface area contributed by atoms with Crippen LogP contribution in [0.5, 0.6) is 0 Å². The molecule has 1 unspecified atom stereocenters. The molecule has 0 spiro atoms. The Morgan fingerprint density at radius 3 is 1.44 bits per heavy atom. The summed E-state index contributed by atoms with van der Waals surface area (Å²) >= 11 is 0. The number of carbonyl (C=O) groups excluding carboxylic acids is 1. The lowest BCUT2D eigenvalue weighted by atomic mass is 9.84. The van der Waals surface area contributed by atoms with Crippen LogP contribution in [-0.4, -0.2) is 12.3 Å². The van der Waals surface area contributed by atoms with Gasteiger partial charge in [-0.2, -0.15) is 0 Å². The molecule has 0 saturated carbocycles. The van der Waals surface area contributed by atoms with Gasteiger partial charge >= 0.3 is 5.71 Å². The van der Waals surface area contributed by atoms with Crippen molar-refractivity contribution in [2.75, 3.05) is 6.61 Å². The summed E-state index contributed by atoms with van der Waals surface area (Å²) in [5.41, 5.74) is 3.12. The Hall–Kier alpha value is -2.44. The lowest BCUT2D eigenvalue weighted by Gasteiger charge is -2.35. The maximum Gasteiger partial charge on any atom is 0.324 e. The van der Waals surface area contributed by atoms with E-state index in [9.17, 15) is 4.79 Å². The van der Waals surface area contributed by atoms with Gasteiger partial charge in [0, 0.05) is 8.58 Å². The fourth-order valence-electron chi connectivity index (χ4n) is 3.10. The number of hydrogen-bond acceptors (Lipinski definition) is 2. The molecular formula is C22H21O2P. The second-order valence-electron chi connectivity index (χ2n) is 5.69. The fourth-order valence-corrected chi connectivity index (χ4v) is 4.56. The average Bonchev–Trinajstić information content (AvgIpc) is 2.68. The van der Waals surface area contributed by atoms with Crippen molar-refractivity contribution >= 4 is 14.3 Å². The van der Waals surface area contributed by atoms with E-state index >= 15 is 0 Å². The maximum absolute atomic E-state index is 12.6. The van der Waals surface area contributed by atoms with E-state index in [-0.39, 0.29) is 14.3 Å². The van der Waals surface area contributed by atoms with Gasteiger partial charge in [-0.05, 0) is 23.6 Å². The summed E-state index contributed by atoms with van der Waals surface area (Å²) < 4.78 is 5.34. The van der Waals surface area contributed by atoms with E-state index in [1.165, 1.54) is 0 Å². The number of ether oxygens (including phenoxy) is 1. The Labute approximate surface area is 150 Å². The van der Waals surface area contributed by atoms with E-state index in [4.69, 9.17) is 4.74 Å². The Bertz CT molecular complexity index is 705. The molecule has 0 aliphatic heterocycles. The zero-order valence-electron chi connectivity index (χ0n) is 14.2. The van der Waals surface area contributed by atoms with E-state index in [0.29, 0.717) is 6.61 Å². The highest BCUT2D eigenvalue weighted by molar-refractivity contribution is 7.58. The number of hydrogen-bond donors (Lipinski definition) is 0. The molecule has 1 atom stereocenters. The van der Waals surface area contributed by atoms with Gasteiger partial charge < -0.3 is 4.74 Å². The molecule has 3 heteroatoms.